The van der Waals surface area contributed by atoms with Crippen molar-refractivity contribution in [1.29, 1.82) is 0 Å². The van der Waals surface area contributed by atoms with Gasteiger partial charge in [-0.1, -0.05) is 23.9 Å². The average Bonchev–Trinajstić information content (AvgIpc) is 3.27. The fourth-order valence-electron chi connectivity index (χ4n) is 2.98. The van der Waals surface area contributed by atoms with E-state index in [0.29, 0.717) is 18.9 Å². The van der Waals surface area contributed by atoms with E-state index in [9.17, 15) is 22.3 Å². The molecule has 12 heteroatoms. The van der Waals surface area contributed by atoms with Crippen molar-refractivity contribution in [2.24, 2.45) is 0 Å². The zero-order valence-electron chi connectivity index (χ0n) is 17.2. The van der Waals surface area contributed by atoms with Crippen LogP contribution in [0.5, 0.6) is 0 Å². The third-order valence-corrected chi connectivity index (χ3v) is 7.13. The van der Waals surface area contributed by atoms with E-state index < -0.39 is 21.8 Å². The lowest BCUT2D eigenvalue weighted by Crippen LogP contribution is -2.33. The van der Waals surface area contributed by atoms with E-state index in [1.54, 1.807) is 6.92 Å². The highest BCUT2D eigenvalue weighted by atomic mass is 32.2. The molecule has 0 spiro atoms. The minimum absolute atomic E-state index is 0.0487. The molecule has 1 fully saturated rings. The van der Waals surface area contributed by atoms with Gasteiger partial charge in [0.25, 0.3) is 0 Å². The predicted octanol–water partition coefficient (Wildman–Crippen LogP) is 2.90. The molecule has 1 atom stereocenters. The number of thioether (sulfide) groups is 1. The van der Waals surface area contributed by atoms with Crippen LogP contribution in [0.15, 0.2) is 23.4 Å². The van der Waals surface area contributed by atoms with E-state index in [4.69, 9.17) is 0 Å². The molecule has 8 nitrogen and oxygen atoms in total. The van der Waals surface area contributed by atoms with Gasteiger partial charge in [-0.3, -0.25) is 4.72 Å². The van der Waals surface area contributed by atoms with Crippen LogP contribution in [-0.4, -0.2) is 53.5 Å². The van der Waals surface area contributed by atoms with Crippen molar-refractivity contribution in [3.8, 4) is 0 Å². The van der Waals surface area contributed by atoms with Crippen LogP contribution in [0.25, 0.3) is 0 Å². The minimum Gasteiger partial charge on any atom is -0.394 e. The van der Waals surface area contributed by atoms with E-state index >= 15 is 0 Å². The second-order valence-corrected chi connectivity index (χ2v) is 9.93. The summed E-state index contributed by atoms with van der Waals surface area (Å²) in [6.07, 6.45) is 1.59. The van der Waals surface area contributed by atoms with Crippen molar-refractivity contribution in [3.63, 3.8) is 0 Å². The molecule has 3 rings (SSSR count). The zero-order valence-corrected chi connectivity index (χ0v) is 18.9. The smallest absolute Gasteiger partial charge is 0.302 e. The zero-order chi connectivity index (χ0) is 22.6. The summed E-state index contributed by atoms with van der Waals surface area (Å²) >= 11 is 1.04. The summed E-state index contributed by atoms with van der Waals surface area (Å²) in [7, 11) is -3.77. The summed E-state index contributed by atoms with van der Waals surface area (Å²) in [6.45, 7) is 3.93. The Hall–Kier alpha value is -2.02. The number of rotatable bonds is 9. The predicted molar refractivity (Wildman–Crippen MR) is 116 cm³/mol. The number of halogens is 2. The molecule has 0 radical (unpaired) electrons. The monoisotopic (exact) mass is 473 g/mol. The van der Waals surface area contributed by atoms with Crippen LogP contribution in [0.3, 0.4) is 0 Å². The van der Waals surface area contributed by atoms with Crippen LogP contribution in [-0.2, 0) is 16.0 Å². The normalized spacial score (nSPS) is 15.8. The van der Waals surface area contributed by atoms with Gasteiger partial charge < -0.3 is 10.4 Å². The first kappa shape index (κ1) is 23.6. The van der Waals surface area contributed by atoms with Crippen molar-refractivity contribution in [2.75, 3.05) is 29.7 Å². The summed E-state index contributed by atoms with van der Waals surface area (Å²) in [5, 5.41) is 12.4. The highest BCUT2D eigenvalue weighted by Gasteiger charge is 2.26. The summed E-state index contributed by atoms with van der Waals surface area (Å²) in [5.41, 5.74) is 0.364. The first-order valence-corrected chi connectivity index (χ1v) is 12.2. The van der Waals surface area contributed by atoms with Gasteiger partial charge in [-0.2, -0.15) is 12.7 Å². The summed E-state index contributed by atoms with van der Waals surface area (Å²) in [5.74, 6) is -1.42. The number of aliphatic hydroxyl groups excluding tert-OH is 1. The van der Waals surface area contributed by atoms with Crippen molar-refractivity contribution in [1.82, 2.24) is 14.3 Å². The van der Waals surface area contributed by atoms with Gasteiger partial charge in [0.05, 0.1) is 6.61 Å². The van der Waals surface area contributed by atoms with E-state index in [1.165, 1.54) is 29.4 Å². The van der Waals surface area contributed by atoms with E-state index in [2.05, 4.69) is 20.0 Å². The molecule has 0 aliphatic carbocycles. The second-order valence-electron chi connectivity index (χ2n) is 7.32. The van der Waals surface area contributed by atoms with Crippen LogP contribution < -0.4 is 10.0 Å². The first-order chi connectivity index (χ1) is 14.7. The van der Waals surface area contributed by atoms with Crippen molar-refractivity contribution in [3.05, 3.63) is 41.0 Å². The van der Waals surface area contributed by atoms with Crippen LogP contribution in [0.1, 0.15) is 30.9 Å². The Kier molecular flexibility index (Phi) is 7.68. The Labute approximate surface area is 184 Å². The number of hydrogen-bond acceptors (Lipinski definition) is 7. The Morgan fingerprint density at radius 1 is 1.19 bits per heavy atom. The molecule has 1 aromatic heterocycles. The molecule has 170 valence electrons. The number of nitrogens with zero attached hydrogens (tertiary/aromatic N) is 3. The molecule has 1 saturated heterocycles. The van der Waals surface area contributed by atoms with Gasteiger partial charge in [0.1, 0.15) is 11.6 Å². The molecule has 3 N–H and O–H groups in total. The number of nitrogens with one attached hydrogen (secondary N) is 2. The number of aliphatic hydroxyl groups is 1. The van der Waals surface area contributed by atoms with E-state index in [0.717, 1.165) is 24.6 Å². The molecule has 2 aromatic rings. The standard InChI is InChI=1S/C19H25F2N5O3S2/c1-12-5-6-14(18(21)17(12)20)11-30-19-23-15(22-13(2)10-27)9-16(24-19)25-31(28,29)26-7-3-4-8-26/h5-6,9,13,27H,3-4,7-8,10-11H2,1-2H3,(H2,22,23,24,25)/t13-/m1/s1. The van der Waals surface area contributed by atoms with Gasteiger partial charge in [0.15, 0.2) is 16.8 Å². The summed E-state index contributed by atoms with van der Waals surface area (Å²) < 4.78 is 57.0. The number of aromatic nitrogens is 2. The quantitative estimate of drug-likeness (QED) is 0.380. The molecular formula is C19H25F2N5O3S2. The maximum atomic E-state index is 14.2. The molecule has 1 aromatic carbocycles. The van der Waals surface area contributed by atoms with Crippen LogP contribution in [0.4, 0.5) is 20.4 Å². The lowest BCUT2D eigenvalue weighted by Gasteiger charge is -2.18. The van der Waals surface area contributed by atoms with Crippen molar-refractivity contribution in [2.45, 2.75) is 43.6 Å². The molecule has 2 heterocycles. The fraction of sp³-hybridized carbons (Fsp3) is 0.474. The Balaban J connectivity index is 1.84. The van der Waals surface area contributed by atoms with Gasteiger partial charge in [-0.15, -0.1) is 0 Å². The van der Waals surface area contributed by atoms with Gasteiger partial charge >= 0.3 is 10.2 Å². The topological polar surface area (TPSA) is 107 Å². The highest BCUT2D eigenvalue weighted by Crippen LogP contribution is 2.27. The fourth-order valence-corrected chi connectivity index (χ4v) is 5.05. The van der Waals surface area contributed by atoms with Crippen molar-refractivity contribution >= 4 is 33.6 Å². The maximum absolute atomic E-state index is 14.2. The summed E-state index contributed by atoms with van der Waals surface area (Å²) in [6, 6.07) is 4.08. The van der Waals surface area contributed by atoms with Crippen LogP contribution in [0, 0.1) is 18.6 Å². The summed E-state index contributed by atoms with van der Waals surface area (Å²) in [4.78, 5) is 8.52. The second kappa shape index (κ2) is 10.1. The van der Waals surface area contributed by atoms with Gasteiger partial charge in [-0.25, -0.2) is 18.7 Å². The Bertz CT molecular complexity index is 1030. The molecule has 31 heavy (non-hydrogen) atoms. The molecule has 0 amide bonds. The third-order valence-electron chi connectivity index (χ3n) is 4.72. The SMILES string of the molecule is Cc1ccc(CSc2nc(N[C@H](C)CO)cc(NS(=O)(=O)N3CCCC3)n2)c(F)c1F. The molecular weight excluding hydrogens is 448 g/mol. The van der Waals surface area contributed by atoms with Gasteiger partial charge in [0.2, 0.25) is 0 Å². The molecule has 0 unspecified atom stereocenters. The maximum Gasteiger partial charge on any atom is 0.302 e. The van der Waals surface area contributed by atoms with Gasteiger partial charge in [-0.05, 0) is 32.3 Å². The van der Waals surface area contributed by atoms with Crippen LogP contribution >= 0.6 is 11.8 Å². The number of benzene rings is 1. The Morgan fingerprint density at radius 2 is 1.87 bits per heavy atom. The molecule has 1 aliphatic rings. The molecule has 0 bridgehead atoms. The lowest BCUT2D eigenvalue weighted by molar-refractivity contribution is 0.281. The lowest BCUT2D eigenvalue weighted by atomic mass is 10.1. The van der Waals surface area contributed by atoms with Gasteiger partial charge in [0, 0.05) is 36.5 Å². The first-order valence-electron chi connectivity index (χ1n) is 9.80. The highest BCUT2D eigenvalue weighted by molar-refractivity contribution is 7.98. The van der Waals surface area contributed by atoms with E-state index in [1.807, 2.05) is 0 Å². The van der Waals surface area contributed by atoms with Crippen LogP contribution in [0.2, 0.25) is 0 Å². The Morgan fingerprint density at radius 3 is 2.55 bits per heavy atom. The average molecular weight is 474 g/mol. The minimum atomic E-state index is -3.77. The molecule has 0 saturated carbocycles. The van der Waals surface area contributed by atoms with E-state index in [-0.39, 0.29) is 40.5 Å². The third kappa shape index (κ3) is 6.03. The largest absolute Gasteiger partial charge is 0.394 e. The van der Waals surface area contributed by atoms with Crippen molar-refractivity contribution < 1.29 is 22.3 Å². The number of anilines is 2. The number of aryl methyl sites for hydroxylation is 1. The molecule has 1 aliphatic heterocycles. The number of hydrogen-bond donors (Lipinski definition) is 3.